The average Bonchev–Trinajstić information content (AvgIpc) is 2.72. The van der Waals surface area contributed by atoms with Crippen LogP contribution in [-0.2, 0) is 21.4 Å². The second-order valence-corrected chi connectivity index (χ2v) is 10.0. The van der Waals surface area contributed by atoms with Crippen LogP contribution >= 0.6 is 11.6 Å². The Morgan fingerprint density at radius 1 is 1.16 bits per heavy atom. The molecule has 1 aliphatic heterocycles. The molecule has 1 heterocycles. The van der Waals surface area contributed by atoms with Gasteiger partial charge in [0.25, 0.3) is 5.91 Å². The van der Waals surface area contributed by atoms with E-state index in [4.69, 9.17) is 11.6 Å². The number of hydrazone groups is 1. The van der Waals surface area contributed by atoms with Gasteiger partial charge in [-0.2, -0.15) is 5.10 Å². The van der Waals surface area contributed by atoms with E-state index in [1.807, 2.05) is 18.2 Å². The van der Waals surface area contributed by atoms with Gasteiger partial charge in [0.15, 0.2) is 0 Å². The normalized spacial score (nSPS) is 14.9. The van der Waals surface area contributed by atoms with Gasteiger partial charge >= 0.3 is 0 Å². The smallest absolute Gasteiger partial charge is 0.260 e. The first-order chi connectivity index (χ1) is 14.7. The van der Waals surface area contributed by atoms with E-state index in [0.717, 1.165) is 48.7 Å². The minimum Gasteiger partial charge on any atom is -0.298 e. The maximum atomic E-state index is 12.4. The Hall–Kier alpha value is -2.42. The van der Waals surface area contributed by atoms with Gasteiger partial charge in [-0.1, -0.05) is 41.9 Å². The van der Waals surface area contributed by atoms with Crippen LogP contribution in [0.15, 0.2) is 53.6 Å². The van der Waals surface area contributed by atoms with Gasteiger partial charge < -0.3 is 0 Å². The molecule has 0 unspecified atom stereocenters. The number of nitrogens with zero attached hydrogens (tertiary/aromatic N) is 3. The lowest BCUT2D eigenvalue weighted by molar-refractivity contribution is -0.119. The number of hydrogen-bond acceptors (Lipinski definition) is 5. The highest BCUT2D eigenvalue weighted by molar-refractivity contribution is 7.92. The molecule has 166 valence electrons. The SMILES string of the molecule is Cc1cc(Cl)ccc1N(CC(=O)NN=C1CCN(Cc2ccccc2)CC1)S(C)(=O)=O. The number of carbonyl (C=O) groups is 1. The molecular formula is C22H27ClN4O3S. The summed E-state index contributed by atoms with van der Waals surface area (Å²) in [6.07, 6.45) is 2.60. The van der Waals surface area contributed by atoms with Crippen LogP contribution in [0.2, 0.25) is 5.02 Å². The zero-order valence-corrected chi connectivity index (χ0v) is 19.3. The third-order valence-electron chi connectivity index (χ3n) is 5.14. The highest BCUT2D eigenvalue weighted by Crippen LogP contribution is 2.25. The monoisotopic (exact) mass is 462 g/mol. The minimum atomic E-state index is -3.65. The minimum absolute atomic E-state index is 0.349. The van der Waals surface area contributed by atoms with Gasteiger partial charge in [0.05, 0.1) is 11.9 Å². The van der Waals surface area contributed by atoms with Crippen LogP contribution in [-0.4, -0.2) is 50.8 Å². The Bertz CT molecular complexity index is 1050. The number of amides is 1. The van der Waals surface area contributed by atoms with Crippen molar-refractivity contribution < 1.29 is 13.2 Å². The molecule has 1 amide bonds. The zero-order chi connectivity index (χ0) is 22.4. The molecule has 3 rings (SSSR count). The van der Waals surface area contributed by atoms with Crippen LogP contribution in [0.5, 0.6) is 0 Å². The fraction of sp³-hybridized carbons (Fsp3) is 0.364. The molecule has 1 aliphatic rings. The average molecular weight is 463 g/mol. The maximum absolute atomic E-state index is 12.4. The van der Waals surface area contributed by atoms with Crippen LogP contribution in [0.4, 0.5) is 5.69 Å². The first kappa shape index (κ1) is 23.2. The Morgan fingerprint density at radius 3 is 2.45 bits per heavy atom. The van der Waals surface area contributed by atoms with E-state index < -0.39 is 15.9 Å². The molecule has 31 heavy (non-hydrogen) atoms. The number of halogens is 1. The molecule has 0 saturated carbocycles. The lowest BCUT2D eigenvalue weighted by Crippen LogP contribution is -2.40. The quantitative estimate of drug-likeness (QED) is 0.640. The van der Waals surface area contributed by atoms with Gasteiger partial charge in [0.1, 0.15) is 6.54 Å². The van der Waals surface area contributed by atoms with Crippen LogP contribution in [0.25, 0.3) is 0 Å². The summed E-state index contributed by atoms with van der Waals surface area (Å²) in [6.45, 7) is 4.02. The third-order valence-corrected chi connectivity index (χ3v) is 6.50. The van der Waals surface area contributed by atoms with Crippen molar-refractivity contribution in [2.45, 2.75) is 26.3 Å². The largest absolute Gasteiger partial charge is 0.298 e. The molecule has 0 aromatic heterocycles. The van der Waals surface area contributed by atoms with E-state index >= 15 is 0 Å². The number of nitrogens with one attached hydrogen (secondary N) is 1. The van der Waals surface area contributed by atoms with Crippen molar-refractivity contribution in [3.8, 4) is 0 Å². The molecule has 9 heteroatoms. The van der Waals surface area contributed by atoms with Crippen LogP contribution < -0.4 is 9.73 Å². The molecule has 0 radical (unpaired) electrons. The van der Waals surface area contributed by atoms with Gasteiger partial charge in [0, 0.05) is 43.2 Å². The second-order valence-electron chi connectivity index (χ2n) is 7.68. The molecule has 2 aromatic carbocycles. The zero-order valence-electron chi connectivity index (χ0n) is 17.7. The number of rotatable bonds is 7. The Kier molecular flexibility index (Phi) is 7.69. The molecule has 0 atom stereocenters. The lowest BCUT2D eigenvalue weighted by Gasteiger charge is -2.27. The summed E-state index contributed by atoms with van der Waals surface area (Å²) in [4.78, 5) is 14.8. The topological polar surface area (TPSA) is 82.1 Å². The standard InChI is InChI=1S/C22H27ClN4O3S/c1-17-14-19(23)8-9-21(17)27(31(2,29)30)16-22(28)25-24-20-10-12-26(13-11-20)15-18-6-4-3-5-7-18/h3-9,14H,10-13,15-16H2,1-2H3,(H,25,28). The number of likely N-dealkylation sites (tertiary alicyclic amines) is 1. The first-order valence-corrected chi connectivity index (χ1v) is 12.3. The molecule has 0 aliphatic carbocycles. The number of benzene rings is 2. The van der Waals surface area contributed by atoms with Crippen molar-refractivity contribution in [3.63, 3.8) is 0 Å². The Morgan fingerprint density at radius 2 is 1.84 bits per heavy atom. The molecule has 0 spiro atoms. The van der Waals surface area contributed by atoms with Crippen molar-refractivity contribution >= 4 is 38.9 Å². The molecule has 2 aromatic rings. The summed E-state index contributed by atoms with van der Waals surface area (Å²) < 4.78 is 25.6. The summed E-state index contributed by atoms with van der Waals surface area (Å²) in [5.41, 5.74) is 5.79. The van der Waals surface area contributed by atoms with Crippen molar-refractivity contribution in [2.24, 2.45) is 5.10 Å². The Labute approximate surface area is 188 Å². The van der Waals surface area contributed by atoms with E-state index in [2.05, 4.69) is 27.6 Å². The number of piperidine rings is 1. The van der Waals surface area contributed by atoms with Crippen molar-refractivity contribution in [1.82, 2.24) is 10.3 Å². The highest BCUT2D eigenvalue weighted by atomic mass is 35.5. The van der Waals surface area contributed by atoms with Gasteiger partial charge in [-0.15, -0.1) is 0 Å². The van der Waals surface area contributed by atoms with Crippen molar-refractivity contribution in [2.75, 3.05) is 30.2 Å². The summed E-state index contributed by atoms with van der Waals surface area (Å²) >= 11 is 5.96. The molecule has 1 saturated heterocycles. The van der Waals surface area contributed by atoms with Gasteiger partial charge in [-0.05, 0) is 36.2 Å². The number of aryl methyl sites for hydroxylation is 1. The molecule has 7 nitrogen and oxygen atoms in total. The van der Waals surface area contributed by atoms with Crippen LogP contribution in [0, 0.1) is 6.92 Å². The number of sulfonamides is 1. The van der Waals surface area contributed by atoms with Gasteiger partial charge in [0.2, 0.25) is 10.0 Å². The maximum Gasteiger partial charge on any atom is 0.260 e. The second kappa shape index (κ2) is 10.3. The molecule has 1 fully saturated rings. The molecule has 1 N–H and O–H groups in total. The van der Waals surface area contributed by atoms with Gasteiger partial charge in [-0.3, -0.25) is 14.0 Å². The summed E-state index contributed by atoms with van der Waals surface area (Å²) in [7, 11) is -3.65. The van der Waals surface area contributed by atoms with Gasteiger partial charge in [-0.25, -0.2) is 13.8 Å². The van der Waals surface area contributed by atoms with E-state index in [1.54, 1.807) is 25.1 Å². The third kappa shape index (κ3) is 6.78. The molecular weight excluding hydrogens is 436 g/mol. The first-order valence-electron chi connectivity index (χ1n) is 10.1. The fourth-order valence-corrected chi connectivity index (χ4v) is 4.65. The lowest BCUT2D eigenvalue weighted by atomic mass is 10.1. The van der Waals surface area contributed by atoms with Crippen molar-refractivity contribution in [3.05, 3.63) is 64.7 Å². The van der Waals surface area contributed by atoms with Crippen LogP contribution in [0.1, 0.15) is 24.0 Å². The summed E-state index contributed by atoms with van der Waals surface area (Å²) in [5, 5.41) is 4.74. The summed E-state index contributed by atoms with van der Waals surface area (Å²) in [6, 6.07) is 15.2. The van der Waals surface area contributed by atoms with E-state index in [0.29, 0.717) is 16.3 Å². The number of anilines is 1. The number of hydrogen-bond donors (Lipinski definition) is 1. The van der Waals surface area contributed by atoms with Crippen molar-refractivity contribution in [1.29, 1.82) is 0 Å². The van der Waals surface area contributed by atoms with E-state index in [1.165, 1.54) is 5.56 Å². The number of carbonyl (C=O) groups excluding carboxylic acids is 1. The summed E-state index contributed by atoms with van der Waals surface area (Å²) in [5.74, 6) is -0.487. The predicted octanol–water partition coefficient (Wildman–Crippen LogP) is 3.18. The molecule has 0 bridgehead atoms. The fourth-order valence-electron chi connectivity index (χ4n) is 3.51. The predicted molar refractivity (Wildman–Crippen MR) is 125 cm³/mol. The van der Waals surface area contributed by atoms with E-state index in [-0.39, 0.29) is 6.54 Å². The van der Waals surface area contributed by atoms with E-state index in [9.17, 15) is 13.2 Å². The Balaban J connectivity index is 1.56. The highest BCUT2D eigenvalue weighted by Gasteiger charge is 2.23. The van der Waals surface area contributed by atoms with Crippen LogP contribution in [0.3, 0.4) is 0 Å².